The third-order valence-corrected chi connectivity index (χ3v) is 2.06. The first kappa shape index (κ1) is 10.4. The molecule has 0 spiro atoms. The van der Waals surface area contributed by atoms with Gasteiger partial charge in [0.25, 0.3) is 0 Å². The summed E-state index contributed by atoms with van der Waals surface area (Å²) >= 11 is 0. The number of carbonyl (C=O) groups is 1. The predicted molar refractivity (Wildman–Crippen MR) is 59.2 cm³/mol. The number of aromatic nitrogens is 2. The topological polar surface area (TPSA) is 44.1 Å². The van der Waals surface area contributed by atoms with Crippen molar-refractivity contribution in [2.24, 2.45) is 0 Å². The molecule has 0 unspecified atom stereocenters. The maximum absolute atomic E-state index is 11.5. The number of ether oxygens (including phenoxy) is 1. The van der Waals surface area contributed by atoms with E-state index in [1.54, 1.807) is 23.3 Å². The van der Waals surface area contributed by atoms with Gasteiger partial charge in [0.05, 0.1) is 12.9 Å². The van der Waals surface area contributed by atoms with Gasteiger partial charge in [-0.1, -0.05) is 18.2 Å². The van der Waals surface area contributed by atoms with Gasteiger partial charge in [-0.25, -0.2) is 4.98 Å². The number of ketones is 1. The maximum atomic E-state index is 11.5. The van der Waals surface area contributed by atoms with Crippen LogP contribution < -0.4 is 4.74 Å². The summed E-state index contributed by atoms with van der Waals surface area (Å²) in [5.74, 6) is 0.725. The third-order valence-electron chi connectivity index (χ3n) is 2.06. The molecule has 0 aliphatic carbocycles. The number of benzene rings is 1. The zero-order valence-corrected chi connectivity index (χ0v) is 8.74. The smallest absolute Gasteiger partial charge is 0.189 e. The van der Waals surface area contributed by atoms with Crippen LogP contribution in [0.3, 0.4) is 0 Å². The van der Waals surface area contributed by atoms with Crippen molar-refractivity contribution in [3.8, 4) is 5.75 Å². The van der Waals surface area contributed by atoms with Gasteiger partial charge in [0.1, 0.15) is 12.4 Å². The van der Waals surface area contributed by atoms with Gasteiger partial charge in [0.15, 0.2) is 5.78 Å². The lowest BCUT2D eigenvalue weighted by atomic mass is 10.3. The minimum absolute atomic E-state index is 0.0156. The molecule has 0 saturated heterocycles. The van der Waals surface area contributed by atoms with E-state index in [9.17, 15) is 4.79 Å². The minimum Gasteiger partial charge on any atom is -0.486 e. The highest BCUT2D eigenvalue weighted by Gasteiger charge is 2.03. The lowest BCUT2D eigenvalue weighted by Gasteiger charge is -2.05. The first-order valence-corrected chi connectivity index (χ1v) is 5.00. The molecule has 0 radical (unpaired) electrons. The summed E-state index contributed by atoms with van der Waals surface area (Å²) in [6.07, 6.45) is 5.01. The Morgan fingerprint density at radius 1 is 1.31 bits per heavy atom. The third kappa shape index (κ3) is 2.95. The average molecular weight is 216 g/mol. The standard InChI is InChI=1S/C12H12N2O2/c15-11(8-14-7-6-13-10-14)9-16-12-4-2-1-3-5-12/h1-7,10H,8-9H2. The Labute approximate surface area is 93.5 Å². The summed E-state index contributed by atoms with van der Waals surface area (Å²) in [7, 11) is 0. The first-order valence-electron chi connectivity index (χ1n) is 5.00. The zero-order valence-electron chi connectivity index (χ0n) is 8.74. The Balaban J connectivity index is 1.80. The molecule has 0 N–H and O–H groups in total. The molecule has 4 nitrogen and oxygen atoms in total. The maximum Gasteiger partial charge on any atom is 0.189 e. The minimum atomic E-state index is 0.0156. The molecular formula is C12H12N2O2. The Kier molecular flexibility index (Phi) is 3.33. The van der Waals surface area contributed by atoms with E-state index in [1.807, 2.05) is 30.3 Å². The number of imidazole rings is 1. The van der Waals surface area contributed by atoms with Crippen LogP contribution in [0, 0.1) is 0 Å². The van der Waals surface area contributed by atoms with Crippen molar-refractivity contribution < 1.29 is 9.53 Å². The van der Waals surface area contributed by atoms with Crippen LogP contribution in [0.5, 0.6) is 5.75 Å². The molecule has 82 valence electrons. The van der Waals surface area contributed by atoms with Gasteiger partial charge in [-0.15, -0.1) is 0 Å². The molecule has 0 atom stereocenters. The van der Waals surface area contributed by atoms with Crippen LogP contribution in [0.25, 0.3) is 0 Å². The molecule has 0 aliphatic heterocycles. The second kappa shape index (κ2) is 5.11. The molecule has 0 amide bonds. The molecule has 0 aliphatic rings. The van der Waals surface area contributed by atoms with Gasteiger partial charge in [0.2, 0.25) is 0 Å². The summed E-state index contributed by atoms with van der Waals surface area (Å²) in [6, 6.07) is 9.29. The van der Waals surface area contributed by atoms with Crippen LogP contribution in [0.2, 0.25) is 0 Å². The highest BCUT2D eigenvalue weighted by atomic mass is 16.5. The Hall–Kier alpha value is -2.10. The van der Waals surface area contributed by atoms with E-state index in [2.05, 4.69) is 4.98 Å². The van der Waals surface area contributed by atoms with Crippen LogP contribution in [0.4, 0.5) is 0 Å². The fourth-order valence-electron chi connectivity index (χ4n) is 1.31. The normalized spacial score (nSPS) is 10.0. The van der Waals surface area contributed by atoms with Gasteiger partial charge in [-0.2, -0.15) is 0 Å². The molecule has 0 saturated carbocycles. The van der Waals surface area contributed by atoms with Gasteiger partial charge in [-0.3, -0.25) is 4.79 Å². The molecule has 16 heavy (non-hydrogen) atoms. The number of Topliss-reactive ketones (excluding diaryl/α,β-unsaturated/α-hetero) is 1. The fraction of sp³-hybridized carbons (Fsp3) is 0.167. The van der Waals surface area contributed by atoms with E-state index in [0.717, 1.165) is 0 Å². The van der Waals surface area contributed by atoms with E-state index in [4.69, 9.17) is 4.74 Å². The SMILES string of the molecule is O=C(COc1ccccc1)Cn1ccnc1. The lowest BCUT2D eigenvalue weighted by Crippen LogP contribution is -2.16. The fourth-order valence-corrected chi connectivity index (χ4v) is 1.31. The Morgan fingerprint density at radius 3 is 2.81 bits per heavy atom. The van der Waals surface area contributed by atoms with Crippen LogP contribution in [0.15, 0.2) is 49.1 Å². The van der Waals surface area contributed by atoms with Crippen LogP contribution in [-0.2, 0) is 11.3 Å². The Morgan fingerprint density at radius 2 is 2.12 bits per heavy atom. The van der Waals surface area contributed by atoms with E-state index < -0.39 is 0 Å². The van der Waals surface area contributed by atoms with Crippen LogP contribution >= 0.6 is 0 Å². The molecule has 0 fully saturated rings. The highest BCUT2D eigenvalue weighted by Crippen LogP contribution is 2.07. The lowest BCUT2D eigenvalue weighted by molar-refractivity contribution is -0.121. The number of nitrogens with zero attached hydrogens (tertiary/aromatic N) is 2. The predicted octanol–water partition coefficient (Wildman–Crippen LogP) is 1.53. The molecule has 0 bridgehead atoms. The second-order valence-corrected chi connectivity index (χ2v) is 3.38. The number of rotatable bonds is 5. The van der Waals surface area contributed by atoms with Gasteiger partial charge < -0.3 is 9.30 Å². The summed E-state index contributed by atoms with van der Waals surface area (Å²) in [5, 5.41) is 0. The van der Waals surface area contributed by atoms with Crippen molar-refractivity contribution in [1.29, 1.82) is 0 Å². The second-order valence-electron chi connectivity index (χ2n) is 3.38. The van der Waals surface area contributed by atoms with Crippen molar-refractivity contribution in [1.82, 2.24) is 9.55 Å². The van der Waals surface area contributed by atoms with Crippen LogP contribution in [-0.4, -0.2) is 21.9 Å². The van der Waals surface area contributed by atoms with Crippen molar-refractivity contribution in [3.63, 3.8) is 0 Å². The van der Waals surface area contributed by atoms with Gasteiger partial charge in [0, 0.05) is 12.4 Å². The van der Waals surface area contributed by atoms with Crippen molar-refractivity contribution in [3.05, 3.63) is 49.1 Å². The molecular weight excluding hydrogens is 204 g/mol. The molecule has 1 aromatic carbocycles. The number of hydrogen-bond acceptors (Lipinski definition) is 3. The number of carbonyl (C=O) groups excluding carboxylic acids is 1. The number of para-hydroxylation sites is 1. The molecule has 2 aromatic rings. The van der Waals surface area contributed by atoms with Crippen molar-refractivity contribution in [2.45, 2.75) is 6.54 Å². The van der Waals surface area contributed by atoms with E-state index in [1.165, 1.54) is 0 Å². The Bertz CT molecular complexity index is 437. The highest BCUT2D eigenvalue weighted by molar-refractivity contribution is 5.79. The first-order chi connectivity index (χ1) is 7.84. The monoisotopic (exact) mass is 216 g/mol. The van der Waals surface area contributed by atoms with E-state index >= 15 is 0 Å². The van der Waals surface area contributed by atoms with Gasteiger partial charge >= 0.3 is 0 Å². The molecule has 1 heterocycles. The number of hydrogen-bond donors (Lipinski definition) is 0. The van der Waals surface area contributed by atoms with Crippen molar-refractivity contribution >= 4 is 5.78 Å². The van der Waals surface area contributed by atoms with Crippen LogP contribution in [0.1, 0.15) is 0 Å². The summed E-state index contributed by atoms with van der Waals surface area (Å²) in [6.45, 7) is 0.384. The molecule has 4 heteroatoms. The average Bonchev–Trinajstić information content (AvgIpc) is 2.81. The summed E-state index contributed by atoms with van der Waals surface area (Å²) in [5.41, 5.74) is 0. The zero-order chi connectivity index (χ0) is 11.2. The summed E-state index contributed by atoms with van der Waals surface area (Å²) in [4.78, 5) is 15.4. The van der Waals surface area contributed by atoms with E-state index in [0.29, 0.717) is 12.3 Å². The van der Waals surface area contributed by atoms with E-state index in [-0.39, 0.29) is 12.4 Å². The largest absolute Gasteiger partial charge is 0.486 e. The summed E-state index contributed by atoms with van der Waals surface area (Å²) < 4.78 is 7.05. The quantitative estimate of drug-likeness (QED) is 0.761. The molecule has 2 rings (SSSR count). The van der Waals surface area contributed by atoms with Gasteiger partial charge in [-0.05, 0) is 12.1 Å². The molecule has 1 aromatic heterocycles. The van der Waals surface area contributed by atoms with Crippen molar-refractivity contribution in [2.75, 3.05) is 6.61 Å².